The molecule has 3 N–H and O–H groups in total. The Bertz CT molecular complexity index is 603. The number of halogens is 1. The fourth-order valence-corrected chi connectivity index (χ4v) is 1.71. The van der Waals surface area contributed by atoms with Crippen molar-refractivity contribution in [1.82, 2.24) is 10.5 Å². The number of nitrogens with one attached hydrogen (secondary N) is 1. The first-order valence-corrected chi connectivity index (χ1v) is 5.74. The van der Waals surface area contributed by atoms with Crippen molar-refractivity contribution in [3.63, 3.8) is 0 Å². The second-order valence-corrected chi connectivity index (χ2v) is 4.22. The van der Waals surface area contributed by atoms with Gasteiger partial charge in [-0.1, -0.05) is 5.16 Å². The maximum Gasteiger partial charge on any atom is 0.251 e. The van der Waals surface area contributed by atoms with Crippen LogP contribution in [0.4, 0.5) is 10.1 Å². The first-order valence-electron chi connectivity index (χ1n) is 5.74. The summed E-state index contributed by atoms with van der Waals surface area (Å²) in [5.41, 5.74) is 7.25. The largest absolute Gasteiger partial charge is 0.396 e. The van der Waals surface area contributed by atoms with E-state index in [4.69, 9.17) is 10.3 Å². The van der Waals surface area contributed by atoms with E-state index in [9.17, 15) is 9.18 Å². The summed E-state index contributed by atoms with van der Waals surface area (Å²) in [7, 11) is 0. The molecule has 0 saturated carbocycles. The van der Waals surface area contributed by atoms with Crippen LogP contribution in [-0.4, -0.2) is 11.1 Å². The van der Waals surface area contributed by atoms with Crippen molar-refractivity contribution < 1.29 is 13.7 Å². The number of amides is 1. The highest BCUT2D eigenvalue weighted by atomic mass is 19.1. The highest BCUT2D eigenvalue weighted by Gasteiger charge is 2.12. The SMILES string of the molecule is Cc1noc(C)c1CNC(=O)c1ccc(F)c(N)c1. The predicted molar refractivity (Wildman–Crippen MR) is 68.0 cm³/mol. The Morgan fingerprint density at radius 2 is 2.21 bits per heavy atom. The third-order valence-electron chi connectivity index (χ3n) is 2.87. The lowest BCUT2D eigenvalue weighted by Crippen LogP contribution is -2.23. The number of aromatic nitrogens is 1. The van der Waals surface area contributed by atoms with Crippen molar-refractivity contribution in [3.8, 4) is 0 Å². The molecular formula is C13H14FN3O2. The molecule has 0 radical (unpaired) electrons. The summed E-state index contributed by atoms with van der Waals surface area (Å²) in [6.45, 7) is 3.88. The predicted octanol–water partition coefficient (Wildman–Crippen LogP) is 1.94. The van der Waals surface area contributed by atoms with Crippen LogP contribution < -0.4 is 11.1 Å². The third kappa shape index (κ3) is 2.73. The zero-order chi connectivity index (χ0) is 14.0. The van der Waals surface area contributed by atoms with Gasteiger partial charge < -0.3 is 15.6 Å². The zero-order valence-corrected chi connectivity index (χ0v) is 10.7. The van der Waals surface area contributed by atoms with Crippen molar-refractivity contribution in [2.45, 2.75) is 20.4 Å². The van der Waals surface area contributed by atoms with E-state index in [1.54, 1.807) is 13.8 Å². The number of carbonyl (C=O) groups excluding carboxylic acids is 1. The first-order chi connectivity index (χ1) is 8.99. The van der Waals surface area contributed by atoms with Gasteiger partial charge >= 0.3 is 0 Å². The molecule has 1 aromatic heterocycles. The number of rotatable bonds is 3. The Hall–Kier alpha value is -2.37. The average Bonchev–Trinajstić information content (AvgIpc) is 2.69. The minimum atomic E-state index is -0.540. The van der Waals surface area contributed by atoms with E-state index >= 15 is 0 Å². The number of benzene rings is 1. The molecule has 1 amide bonds. The molecule has 2 rings (SSSR count). The van der Waals surface area contributed by atoms with Crippen LogP contribution in [0, 0.1) is 19.7 Å². The molecule has 0 saturated heterocycles. The number of anilines is 1. The Morgan fingerprint density at radius 1 is 1.47 bits per heavy atom. The molecule has 0 bridgehead atoms. The minimum Gasteiger partial charge on any atom is -0.396 e. The summed E-state index contributed by atoms with van der Waals surface area (Å²) in [4.78, 5) is 11.9. The van der Waals surface area contributed by atoms with Crippen LogP contribution in [0.3, 0.4) is 0 Å². The maximum atomic E-state index is 13.0. The second-order valence-electron chi connectivity index (χ2n) is 4.22. The summed E-state index contributed by atoms with van der Waals surface area (Å²) in [5, 5.41) is 6.51. The Labute approximate surface area is 109 Å². The van der Waals surface area contributed by atoms with Crippen LogP contribution in [0.5, 0.6) is 0 Å². The quantitative estimate of drug-likeness (QED) is 0.829. The summed E-state index contributed by atoms with van der Waals surface area (Å²) in [6, 6.07) is 3.85. The standard InChI is InChI=1S/C13H14FN3O2/c1-7-10(8(2)19-17-7)6-16-13(18)9-3-4-11(14)12(15)5-9/h3-5H,6,15H2,1-2H3,(H,16,18). The summed E-state index contributed by atoms with van der Waals surface area (Å²) >= 11 is 0. The van der Waals surface area contributed by atoms with Gasteiger partial charge in [0.1, 0.15) is 11.6 Å². The Morgan fingerprint density at radius 3 is 2.79 bits per heavy atom. The highest BCUT2D eigenvalue weighted by molar-refractivity contribution is 5.95. The average molecular weight is 263 g/mol. The van der Waals surface area contributed by atoms with Crippen molar-refractivity contribution in [2.24, 2.45) is 0 Å². The smallest absolute Gasteiger partial charge is 0.251 e. The molecule has 1 heterocycles. The number of carbonyl (C=O) groups is 1. The van der Waals surface area contributed by atoms with Gasteiger partial charge in [-0.25, -0.2) is 4.39 Å². The maximum absolute atomic E-state index is 13.0. The second kappa shape index (κ2) is 5.09. The lowest BCUT2D eigenvalue weighted by molar-refractivity contribution is 0.0951. The normalized spacial score (nSPS) is 10.5. The van der Waals surface area contributed by atoms with Gasteiger partial charge in [-0.2, -0.15) is 0 Å². The molecule has 100 valence electrons. The van der Waals surface area contributed by atoms with E-state index in [0.717, 1.165) is 11.3 Å². The van der Waals surface area contributed by atoms with E-state index in [2.05, 4.69) is 10.5 Å². The van der Waals surface area contributed by atoms with Crippen LogP contribution >= 0.6 is 0 Å². The van der Waals surface area contributed by atoms with Crippen LogP contribution in [0.1, 0.15) is 27.4 Å². The van der Waals surface area contributed by atoms with E-state index in [1.165, 1.54) is 18.2 Å². The molecule has 0 fully saturated rings. The summed E-state index contributed by atoms with van der Waals surface area (Å²) in [5.74, 6) is -0.203. The third-order valence-corrected chi connectivity index (χ3v) is 2.87. The number of nitrogens with zero attached hydrogens (tertiary/aromatic N) is 1. The lowest BCUT2D eigenvalue weighted by Gasteiger charge is -2.06. The summed E-state index contributed by atoms with van der Waals surface area (Å²) in [6.07, 6.45) is 0. The number of hydrogen-bond donors (Lipinski definition) is 2. The highest BCUT2D eigenvalue weighted by Crippen LogP contribution is 2.14. The molecule has 6 heteroatoms. The van der Waals surface area contributed by atoms with Gasteiger partial charge in [-0.3, -0.25) is 4.79 Å². The Balaban J connectivity index is 2.07. The Kier molecular flexibility index (Phi) is 3.50. The van der Waals surface area contributed by atoms with E-state index in [1.807, 2.05) is 0 Å². The molecule has 1 aromatic carbocycles. The fraction of sp³-hybridized carbons (Fsp3) is 0.231. The van der Waals surface area contributed by atoms with Gasteiger partial charge in [0, 0.05) is 17.7 Å². The zero-order valence-electron chi connectivity index (χ0n) is 10.7. The molecule has 0 spiro atoms. The molecule has 5 nitrogen and oxygen atoms in total. The van der Waals surface area contributed by atoms with E-state index in [-0.39, 0.29) is 11.6 Å². The van der Waals surface area contributed by atoms with Crippen LogP contribution in [0.25, 0.3) is 0 Å². The number of nitrogen functional groups attached to an aromatic ring is 1. The van der Waals surface area contributed by atoms with Crippen LogP contribution in [0.2, 0.25) is 0 Å². The minimum absolute atomic E-state index is 0.0509. The van der Waals surface area contributed by atoms with Gasteiger partial charge in [0.25, 0.3) is 5.91 Å². The van der Waals surface area contributed by atoms with Gasteiger partial charge in [0.15, 0.2) is 0 Å². The molecule has 0 aliphatic heterocycles. The molecule has 19 heavy (non-hydrogen) atoms. The molecular weight excluding hydrogens is 249 g/mol. The van der Waals surface area contributed by atoms with Gasteiger partial charge in [0.2, 0.25) is 0 Å². The topological polar surface area (TPSA) is 81.2 Å². The van der Waals surface area contributed by atoms with Crippen molar-refractivity contribution in [1.29, 1.82) is 0 Å². The van der Waals surface area contributed by atoms with E-state index < -0.39 is 5.82 Å². The van der Waals surface area contributed by atoms with Crippen LogP contribution in [-0.2, 0) is 6.54 Å². The molecule has 0 atom stereocenters. The molecule has 2 aromatic rings. The van der Waals surface area contributed by atoms with Crippen molar-refractivity contribution in [3.05, 3.63) is 46.6 Å². The molecule has 0 unspecified atom stereocenters. The van der Waals surface area contributed by atoms with Gasteiger partial charge in [-0.05, 0) is 32.0 Å². The summed E-state index contributed by atoms with van der Waals surface area (Å²) < 4.78 is 18.0. The van der Waals surface area contributed by atoms with Gasteiger partial charge in [0.05, 0.1) is 11.4 Å². The monoisotopic (exact) mass is 263 g/mol. The number of hydrogen-bond acceptors (Lipinski definition) is 4. The van der Waals surface area contributed by atoms with Crippen molar-refractivity contribution >= 4 is 11.6 Å². The van der Waals surface area contributed by atoms with E-state index in [0.29, 0.717) is 17.9 Å². The lowest BCUT2D eigenvalue weighted by atomic mass is 10.1. The molecule has 0 aliphatic carbocycles. The number of nitrogens with two attached hydrogens (primary N) is 1. The number of aryl methyl sites for hydroxylation is 2. The van der Waals surface area contributed by atoms with Crippen molar-refractivity contribution in [2.75, 3.05) is 5.73 Å². The first kappa shape index (κ1) is 13.1. The fourth-order valence-electron chi connectivity index (χ4n) is 1.71. The van der Waals surface area contributed by atoms with Crippen LogP contribution in [0.15, 0.2) is 22.7 Å². The molecule has 0 aliphatic rings. The van der Waals surface area contributed by atoms with Gasteiger partial charge in [-0.15, -0.1) is 0 Å².